The molecule has 7 heteroatoms. The number of nitrogens with zero attached hydrogens (tertiary/aromatic N) is 1. The molecule has 3 rings (SSSR count). The van der Waals surface area contributed by atoms with E-state index >= 15 is 0 Å². The van der Waals surface area contributed by atoms with Crippen LogP contribution in [0.15, 0.2) is 78.9 Å². The second-order valence-corrected chi connectivity index (χ2v) is 8.90. The van der Waals surface area contributed by atoms with Gasteiger partial charge in [-0.2, -0.15) is 0 Å². The maximum absolute atomic E-state index is 13.3. The Labute approximate surface area is 215 Å². The third-order valence-corrected chi connectivity index (χ3v) is 6.28. The molecule has 0 N–H and O–H groups in total. The monoisotopic (exact) mass is 511 g/mol. The molecule has 0 bridgehead atoms. The average Bonchev–Trinajstić information content (AvgIpc) is 2.88. The first-order valence-corrected chi connectivity index (χ1v) is 12.2. The number of carbonyl (C=O) groups excluding carboxylic acids is 3. The van der Waals surface area contributed by atoms with Crippen LogP contribution in [0.2, 0.25) is 10.0 Å². The van der Waals surface area contributed by atoms with Gasteiger partial charge in [0.15, 0.2) is 5.78 Å². The average molecular weight is 512 g/mol. The summed E-state index contributed by atoms with van der Waals surface area (Å²) in [6.07, 6.45) is 2.54. The second-order valence-electron chi connectivity index (χ2n) is 8.08. The maximum Gasteiger partial charge on any atom is 0.328 e. The molecule has 35 heavy (non-hydrogen) atoms. The lowest BCUT2D eigenvalue weighted by molar-refractivity contribution is -0.144. The van der Waals surface area contributed by atoms with Gasteiger partial charge in [0.05, 0.1) is 16.7 Å². The Morgan fingerprint density at radius 3 is 2.06 bits per heavy atom. The van der Waals surface area contributed by atoms with Crippen LogP contribution >= 0.6 is 23.2 Å². The van der Waals surface area contributed by atoms with Gasteiger partial charge in [0.1, 0.15) is 6.04 Å². The molecule has 0 saturated carbocycles. The number of unbranched alkanes of at least 4 members (excludes halogenated alkanes) is 2. The normalized spacial score (nSPS) is 11.5. The van der Waals surface area contributed by atoms with E-state index in [4.69, 9.17) is 27.9 Å². The van der Waals surface area contributed by atoms with Crippen LogP contribution in [-0.4, -0.2) is 30.3 Å². The number of anilines is 1. The molecule has 0 aliphatic heterocycles. The highest BCUT2D eigenvalue weighted by atomic mass is 35.5. The zero-order valence-electron chi connectivity index (χ0n) is 19.5. The number of amides is 1. The van der Waals surface area contributed by atoms with Crippen molar-refractivity contribution in [2.75, 3.05) is 11.5 Å². The van der Waals surface area contributed by atoms with Gasteiger partial charge in [0.2, 0.25) is 0 Å². The Hall–Kier alpha value is -3.15. The molecule has 0 aliphatic carbocycles. The number of hydrogen-bond donors (Lipinski definition) is 0. The lowest BCUT2D eigenvalue weighted by Crippen LogP contribution is -2.44. The van der Waals surface area contributed by atoms with Crippen molar-refractivity contribution in [3.63, 3.8) is 0 Å². The fourth-order valence-electron chi connectivity index (χ4n) is 3.60. The fraction of sp³-hybridized carbons (Fsp3) is 0.250. The summed E-state index contributed by atoms with van der Waals surface area (Å²) in [5, 5.41) is 0.629. The van der Waals surface area contributed by atoms with Gasteiger partial charge in [-0.15, -0.1) is 0 Å². The quantitative estimate of drug-likeness (QED) is 0.157. The highest BCUT2D eigenvalue weighted by Gasteiger charge is 2.29. The van der Waals surface area contributed by atoms with Crippen molar-refractivity contribution in [2.24, 2.45) is 0 Å². The topological polar surface area (TPSA) is 63.7 Å². The number of rotatable bonds is 11. The van der Waals surface area contributed by atoms with Gasteiger partial charge in [0.25, 0.3) is 5.91 Å². The highest BCUT2D eigenvalue weighted by Crippen LogP contribution is 2.29. The van der Waals surface area contributed by atoms with Crippen molar-refractivity contribution >= 4 is 46.5 Å². The molecule has 1 atom stereocenters. The van der Waals surface area contributed by atoms with E-state index in [0.29, 0.717) is 41.1 Å². The van der Waals surface area contributed by atoms with Crippen molar-refractivity contribution in [3.05, 3.63) is 100 Å². The summed E-state index contributed by atoms with van der Waals surface area (Å²) in [4.78, 5) is 39.7. The lowest BCUT2D eigenvalue weighted by atomic mass is 10.1. The minimum atomic E-state index is -0.889. The third-order valence-electron chi connectivity index (χ3n) is 5.54. The first-order chi connectivity index (χ1) is 16.9. The lowest BCUT2D eigenvalue weighted by Gasteiger charge is -2.28. The van der Waals surface area contributed by atoms with E-state index in [1.54, 1.807) is 49.4 Å². The number of Topliss-reactive ketones (excluding diaryl/α,β-unsaturated/α-hetero) is 1. The summed E-state index contributed by atoms with van der Waals surface area (Å²) in [5.41, 5.74) is 1.58. The summed E-state index contributed by atoms with van der Waals surface area (Å²) in [5.74, 6) is -0.776. The van der Waals surface area contributed by atoms with Gasteiger partial charge in [-0.1, -0.05) is 71.7 Å². The molecule has 0 spiro atoms. The molecular weight excluding hydrogens is 485 g/mol. The maximum atomic E-state index is 13.3. The van der Waals surface area contributed by atoms with Gasteiger partial charge >= 0.3 is 5.97 Å². The predicted molar refractivity (Wildman–Crippen MR) is 139 cm³/mol. The predicted octanol–water partition coefficient (Wildman–Crippen LogP) is 7.02. The molecule has 3 aromatic rings. The molecule has 0 heterocycles. The number of esters is 1. The van der Waals surface area contributed by atoms with E-state index in [9.17, 15) is 14.4 Å². The van der Waals surface area contributed by atoms with Crippen LogP contribution in [0, 0.1) is 0 Å². The van der Waals surface area contributed by atoms with Gasteiger partial charge in [-0.3, -0.25) is 14.5 Å². The molecule has 0 aromatic heterocycles. The van der Waals surface area contributed by atoms with E-state index < -0.39 is 12.0 Å². The number of ketones is 1. The Bertz CT molecular complexity index is 1150. The molecule has 182 valence electrons. The van der Waals surface area contributed by atoms with E-state index in [0.717, 1.165) is 6.42 Å². The molecule has 0 aliphatic rings. The SMILES string of the molecule is C[C@@H](C(=O)OCCCCCC(=O)c1ccccc1)N(C(=O)c1ccccc1)c1ccc(Cl)c(Cl)c1. The number of benzene rings is 3. The largest absolute Gasteiger partial charge is 0.464 e. The second kappa shape index (κ2) is 13.1. The van der Waals surface area contributed by atoms with Crippen molar-refractivity contribution < 1.29 is 19.1 Å². The van der Waals surface area contributed by atoms with E-state index in [1.807, 2.05) is 36.4 Å². The van der Waals surface area contributed by atoms with Gasteiger partial charge in [0, 0.05) is 23.2 Å². The first-order valence-electron chi connectivity index (χ1n) is 11.5. The van der Waals surface area contributed by atoms with Gasteiger partial charge < -0.3 is 4.74 Å². The Morgan fingerprint density at radius 2 is 1.43 bits per heavy atom. The summed E-state index contributed by atoms with van der Waals surface area (Å²) in [6.45, 7) is 1.82. The van der Waals surface area contributed by atoms with Crippen molar-refractivity contribution in [3.8, 4) is 0 Å². The minimum absolute atomic E-state index is 0.105. The highest BCUT2D eigenvalue weighted by molar-refractivity contribution is 6.42. The number of carbonyl (C=O) groups is 3. The summed E-state index contributed by atoms with van der Waals surface area (Å²) in [6, 6.07) is 21.8. The van der Waals surface area contributed by atoms with Crippen LogP contribution < -0.4 is 4.90 Å². The van der Waals surface area contributed by atoms with Crippen LogP contribution in [0.3, 0.4) is 0 Å². The zero-order valence-corrected chi connectivity index (χ0v) is 21.0. The van der Waals surface area contributed by atoms with Crippen LogP contribution in [0.1, 0.15) is 53.3 Å². The van der Waals surface area contributed by atoms with E-state index in [-0.39, 0.29) is 23.3 Å². The molecule has 1 amide bonds. The Kier molecular flexibility index (Phi) is 9.88. The molecular formula is C28H27Cl2NO4. The van der Waals surface area contributed by atoms with Gasteiger partial charge in [-0.25, -0.2) is 4.79 Å². The van der Waals surface area contributed by atoms with Gasteiger partial charge in [-0.05, 0) is 56.5 Å². The molecule has 3 aromatic carbocycles. The van der Waals surface area contributed by atoms with Crippen LogP contribution in [0.5, 0.6) is 0 Å². The smallest absolute Gasteiger partial charge is 0.328 e. The van der Waals surface area contributed by atoms with Crippen molar-refractivity contribution in [2.45, 2.75) is 38.6 Å². The standard InChI is InChI=1S/C28H27Cl2NO4/c1-20(28(34)35-18-10-4-9-15-26(32)21-11-5-2-6-12-21)31(23-16-17-24(29)25(30)19-23)27(33)22-13-7-3-8-14-22/h2-3,5-8,11-14,16-17,19-20H,4,9-10,15,18H2,1H3/t20-/m0/s1. The fourth-order valence-corrected chi connectivity index (χ4v) is 3.90. The summed E-state index contributed by atoms with van der Waals surface area (Å²) in [7, 11) is 0. The van der Waals surface area contributed by atoms with Crippen LogP contribution in [0.25, 0.3) is 0 Å². The molecule has 0 saturated heterocycles. The zero-order chi connectivity index (χ0) is 25.2. The van der Waals surface area contributed by atoms with Crippen molar-refractivity contribution in [1.29, 1.82) is 0 Å². The Balaban J connectivity index is 1.57. The summed E-state index contributed by atoms with van der Waals surface area (Å²) >= 11 is 12.2. The summed E-state index contributed by atoms with van der Waals surface area (Å²) < 4.78 is 5.46. The molecule has 0 fully saturated rings. The number of hydrogen-bond acceptors (Lipinski definition) is 4. The van der Waals surface area contributed by atoms with E-state index in [1.165, 1.54) is 4.90 Å². The van der Waals surface area contributed by atoms with Crippen LogP contribution in [0.4, 0.5) is 5.69 Å². The minimum Gasteiger partial charge on any atom is -0.464 e. The van der Waals surface area contributed by atoms with Crippen LogP contribution in [-0.2, 0) is 9.53 Å². The molecule has 0 unspecified atom stereocenters. The van der Waals surface area contributed by atoms with E-state index in [2.05, 4.69) is 0 Å². The Morgan fingerprint density at radius 1 is 0.800 bits per heavy atom. The first kappa shape index (κ1) is 26.5. The molecule has 5 nitrogen and oxygen atoms in total. The molecule has 0 radical (unpaired) electrons. The number of ether oxygens (including phenoxy) is 1. The number of halogens is 2. The third kappa shape index (κ3) is 7.41. The van der Waals surface area contributed by atoms with Crippen molar-refractivity contribution in [1.82, 2.24) is 0 Å².